The number of alkyl carbamates (subject to hydrolysis) is 1. The van der Waals surface area contributed by atoms with E-state index in [1.807, 2.05) is 12.1 Å². The first-order chi connectivity index (χ1) is 13.0. The molecule has 1 saturated heterocycles. The van der Waals surface area contributed by atoms with Gasteiger partial charge in [-0.15, -0.1) is 0 Å². The number of amides is 1. The summed E-state index contributed by atoms with van der Waals surface area (Å²) in [6, 6.07) is 10.2. The molecule has 1 aliphatic heterocycles. The van der Waals surface area contributed by atoms with Crippen LogP contribution in [0.3, 0.4) is 0 Å². The summed E-state index contributed by atoms with van der Waals surface area (Å²) in [5, 5.41) is 21.7. The summed E-state index contributed by atoms with van der Waals surface area (Å²) in [6.45, 7) is 8.52. The topological polar surface area (TPSA) is 95.1 Å². The fourth-order valence-electron chi connectivity index (χ4n) is 3.57. The summed E-state index contributed by atoms with van der Waals surface area (Å²) in [5.41, 5.74) is -3.07. The van der Waals surface area contributed by atoms with E-state index in [4.69, 9.17) is 9.47 Å². The number of hydrogen-bond donors (Lipinski definition) is 1. The lowest BCUT2D eigenvalue weighted by Gasteiger charge is -2.38. The average Bonchev–Trinajstić information content (AvgIpc) is 2.90. The van der Waals surface area contributed by atoms with Crippen molar-refractivity contribution >= 4 is 6.09 Å². The summed E-state index contributed by atoms with van der Waals surface area (Å²) in [6.07, 6.45) is -1.02. The second-order valence-corrected chi connectivity index (χ2v) is 8.46. The van der Waals surface area contributed by atoms with Gasteiger partial charge >= 0.3 is 6.09 Å². The van der Waals surface area contributed by atoms with Gasteiger partial charge < -0.3 is 14.8 Å². The molecule has 1 amide bonds. The van der Waals surface area contributed by atoms with Crippen LogP contribution in [0.25, 0.3) is 0 Å². The third kappa shape index (κ3) is 4.43. The van der Waals surface area contributed by atoms with Crippen LogP contribution in [0.5, 0.6) is 0 Å². The van der Waals surface area contributed by atoms with Gasteiger partial charge in [0, 0.05) is 11.5 Å². The highest BCUT2D eigenvalue weighted by Crippen LogP contribution is 2.46. The Morgan fingerprint density at radius 3 is 2.46 bits per heavy atom. The molecular formula is C21H26FN3O3. The molecule has 0 aliphatic carbocycles. The van der Waals surface area contributed by atoms with Crippen molar-refractivity contribution in [3.8, 4) is 12.1 Å². The molecular weight excluding hydrogens is 361 g/mol. The molecule has 1 fully saturated rings. The molecule has 6 nitrogen and oxygen atoms in total. The number of benzene rings is 1. The van der Waals surface area contributed by atoms with E-state index in [0.717, 1.165) is 0 Å². The van der Waals surface area contributed by atoms with Crippen LogP contribution in [0.2, 0.25) is 0 Å². The molecule has 3 atom stereocenters. The van der Waals surface area contributed by atoms with Crippen LogP contribution >= 0.6 is 0 Å². The predicted octanol–water partition coefficient (Wildman–Crippen LogP) is 4.02. The molecule has 2 rings (SSSR count). The van der Waals surface area contributed by atoms with Gasteiger partial charge in [0.2, 0.25) is 0 Å². The first-order valence-corrected chi connectivity index (χ1v) is 9.17. The van der Waals surface area contributed by atoms with Gasteiger partial charge in [-0.1, -0.05) is 18.2 Å². The normalized spacial score (nSPS) is 24.9. The largest absolute Gasteiger partial charge is 0.444 e. The zero-order valence-electron chi connectivity index (χ0n) is 16.9. The molecule has 150 valence electrons. The zero-order valence-corrected chi connectivity index (χ0v) is 16.9. The third-order valence-corrected chi connectivity index (χ3v) is 4.97. The molecule has 1 N–H and O–H groups in total. The lowest BCUT2D eigenvalue weighted by Crippen LogP contribution is -2.54. The van der Waals surface area contributed by atoms with Gasteiger partial charge in [-0.25, -0.2) is 9.18 Å². The van der Waals surface area contributed by atoms with Gasteiger partial charge in [0.15, 0.2) is 0 Å². The van der Waals surface area contributed by atoms with E-state index in [2.05, 4.69) is 5.32 Å². The summed E-state index contributed by atoms with van der Waals surface area (Å²) < 4.78 is 26.0. The highest BCUT2D eigenvalue weighted by atomic mass is 19.1. The molecule has 0 spiro atoms. The van der Waals surface area contributed by atoms with Crippen molar-refractivity contribution in [2.24, 2.45) is 11.3 Å². The number of halogens is 1. The Hall–Kier alpha value is -2.64. The minimum Gasteiger partial charge on any atom is -0.444 e. The lowest BCUT2D eigenvalue weighted by atomic mass is 9.70. The molecule has 1 heterocycles. The minimum absolute atomic E-state index is 0.00590. The van der Waals surface area contributed by atoms with E-state index in [9.17, 15) is 19.7 Å². The van der Waals surface area contributed by atoms with Crippen LogP contribution in [0, 0.1) is 39.8 Å². The van der Waals surface area contributed by atoms with Crippen molar-refractivity contribution in [2.75, 3.05) is 6.61 Å². The second-order valence-electron chi connectivity index (χ2n) is 8.46. The quantitative estimate of drug-likeness (QED) is 0.842. The molecule has 0 radical (unpaired) electrons. The maximum Gasteiger partial charge on any atom is 0.408 e. The fourth-order valence-corrected chi connectivity index (χ4v) is 3.57. The average molecular weight is 387 g/mol. The van der Waals surface area contributed by atoms with Crippen LogP contribution in [-0.2, 0) is 15.0 Å². The van der Waals surface area contributed by atoms with Crippen LogP contribution in [-0.4, -0.2) is 24.4 Å². The highest BCUT2D eigenvalue weighted by Gasteiger charge is 2.54. The molecule has 7 heteroatoms. The molecule has 28 heavy (non-hydrogen) atoms. The van der Waals surface area contributed by atoms with Gasteiger partial charge in [-0.3, -0.25) is 0 Å². The van der Waals surface area contributed by atoms with E-state index in [1.165, 1.54) is 13.0 Å². The van der Waals surface area contributed by atoms with E-state index in [-0.39, 0.29) is 18.6 Å². The standard InChI is InChI=1S/C21H26FN3O3/c1-14-16(10-20(5,11-23)12-24)21(13-27-14,15-8-6-7-9-17(15)22)25-18(26)28-19(2,3)4/h6-9,14,16H,10,13H2,1-5H3,(H,25,26)/t14-,16-,21-/m1/s1. The monoisotopic (exact) mass is 387 g/mol. The number of rotatable bonds is 4. The SMILES string of the molecule is C[C@H]1OC[C@@](NC(=O)OC(C)(C)C)(c2ccccc2F)[C@@H]1CC(C)(C#N)C#N. The van der Waals surface area contributed by atoms with Gasteiger partial charge in [-0.2, -0.15) is 10.5 Å². The van der Waals surface area contributed by atoms with E-state index in [1.54, 1.807) is 45.9 Å². The third-order valence-electron chi connectivity index (χ3n) is 4.97. The van der Waals surface area contributed by atoms with Crippen LogP contribution in [0.1, 0.15) is 46.6 Å². The Bertz CT molecular complexity index is 807. The van der Waals surface area contributed by atoms with Crippen LogP contribution < -0.4 is 5.32 Å². The Kier molecular flexibility index (Phi) is 6.01. The Morgan fingerprint density at radius 1 is 1.32 bits per heavy atom. The smallest absolute Gasteiger partial charge is 0.408 e. The van der Waals surface area contributed by atoms with Crippen molar-refractivity contribution in [1.29, 1.82) is 10.5 Å². The molecule has 1 aromatic rings. The minimum atomic E-state index is -1.31. The highest BCUT2D eigenvalue weighted by molar-refractivity contribution is 5.69. The maximum atomic E-state index is 14.8. The van der Waals surface area contributed by atoms with E-state index >= 15 is 0 Å². The molecule has 0 saturated carbocycles. The van der Waals surface area contributed by atoms with Gasteiger partial charge in [0.1, 0.15) is 16.8 Å². The molecule has 0 bridgehead atoms. The van der Waals surface area contributed by atoms with Crippen molar-refractivity contribution in [1.82, 2.24) is 5.32 Å². The van der Waals surface area contributed by atoms with Crippen LogP contribution in [0.4, 0.5) is 9.18 Å². The summed E-state index contributed by atoms with van der Waals surface area (Å²) in [4.78, 5) is 12.6. The molecule has 0 aromatic heterocycles. The summed E-state index contributed by atoms with van der Waals surface area (Å²) in [5.74, 6) is -1.02. The number of hydrogen-bond acceptors (Lipinski definition) is 5. The Morgan fingerprint density at radius 2 is 1.93 bits per heavy atom. The van der Waals surface area contributed by atoms with E-state index < -0.39 is 40.5 Å². The Balaban J connectivity index is 2.54. The lowest BCUT2D eigenvalue weighted by molar-refractivity contribution is 0.0404. The van der Waals surface area contributed by atoms with Gasteiger partial charge in [-0.05, 0) is 47.1 Å². The van der Waals surface area contributed by atoms with E-state index in [0.29, 0.717) is 0 Å². The maximum absolute atomic E-state index is 14.8. The van der Waals surface area contributed by atoms with Crippen molar-refractivity contribution in [2.45, 2.75) is 58.3 Å². The summed E-state index contributed by atoms with van der Waals surface area (Å²) >= 11 is 0. The van der Waals surface area contributed by atoms with Crippen molar-refractivity contribution in [3.05, 3.63) is 35.6 Å². The number of nitriles is 2. The first-order valence-electron chi connectivity index (χ1n) is 9.17. The molecule has 1 aromatic carbocycles. The number of nitrogens with one attached hydrogen (secondary N) is 1. The fraction of sp³-hybridized carbons (Fsp3) is 0.571. The summed E-state index contributed by atoms with van der Waals surface area (Å²) in [7, 11) is 0. The predicted molar refractivity (Wildman–Crippen MR) is 100 cm³/mol. The van der Waals surface area contributed by atoms with Crippen molar-refractivity contribution in [3.63, 3.8) is 0 Å². The number of nitrogens with zero attached hydrogens (tertiary/aromatic N) is 2. The molecule has 0 unspecified atom stereocenters. The number of carbonyl (C=O) groups is 1. The zero-order chi connectivity index (χ0) is 21.2. The number of carbonyl (C=O) groups excluding carboxylic acids is 1. The van der Waals surface area contributed by atoms with Crippen LogP contribution in [0.15, 0.2) is 24.3 Å². The first kappa shape index (κ1) is 21.7. The molecule has 1 aliphatic rings. The van der Waals surface area contributed by atoms with Gasteiger partial charge in [0.05, 0.1) is 30.4 Å². The Labute approximate surface area is 165 Å². The van der Waals surface area contributed by atoms with Gasteiger partial charge in [0.25, 0.3) is 0 Å². The van der Waals surface area contributed by atoms with Crippen molar-refractivity contribution < 1.29 is 18.7 Å². The second kappa shape index (κ2) is 7.77. The number of ether oxygens (including phenoxy) is 2.